The second-order valence-electron chi connectivity index (χ2n) is 4.85. The molecule has 2 amide bonds. The minimum absolute atomic E-state index is 0.0201. The van der Waals surface area contributed by atoms with Gasteiger partial charge in [0.15, 0.2) is 5.96 Å². The lowest BCUT2D eigenvalue weighted by Crippen LogP contribution is -2.62. The van der Waals surface area contributed by atoms with Crippen LogP contribution in [0.3, 0.4) is 0 Å². The number of aliphatic imine (C=N–C) groups is 1. The highest BCUT2D eigenvalue weighted by Gasteiger charge is 2.33. The van der Waals surface area contributed by atoms with Gasteiger partial charge in [0.2, 0.25) is 11.8 Å². The van der Waals surface area contributed by atoms with Crippen LogP contribution in [0.25, 0.3) is 0 Å². The Morgan fingerprint density at radius 1 is 1.24 bits per heavy atom. The summed E-state index contributed by atoms with van der Waals surface area (Å²) in [7, 11) is 0. The van der Waals surface area contributed by atoms with Crippen LogP contribution in [-0.4, -0.2) is 46.4 Å². The number of nitrogens with zero attached hydrogens (tertiary/aromatic N) is 2. The number of nitrogens with two attached hydrogens (primary N) is 2. The van der Waals surface area contributed by atoms with Crippen LogP contribution in [0.15, 0.2) is 17.5 Å². The zero-order valence-corrected chi connectivity index (χ0v) is 11.5. The Kier molecular flexibility index (Phi) is 4.75. The Bertz CT molecular complexity index is 522. The zero-order valence-electron chi connectivity index (χ0n) is 11.5. The van der Waals surface area contributed by atoms with E-state index in [4.69, 9.17) is 11.5 Å². The molecule has 2 atom stereocenters. The standard InChI is InChI=1S/C12H19N7O2/c13-12(14)16-3-1-2-8-10(20)19-9(11(21)18-8)4-7-5-15-6-17-7/h5-6,8-9H,1-4H2,(H,15,17)(H,18,21)(H,19,20)(H4,13,14,16)/t8-,9-/m0/s1. The summed E-state index contributed by atoms with van der Waals surface area (Å²) in [5, 5.41) is 5.44. The first-order chi connectivity index (χ1) is 10.1. The van der Waals surface area contributed by atoms with Gasteiger partial charge < -0.3 is 27.1 Å². The fourth-order valence-corrected chi connectivity index (χ4v) is 2.14. The first kappa shape index (κ1) is 14.8. The van der Waals surface area contributed by atoms with E-state index in [1.165, 1.54) is 6.33 Å². The van der Waals surface area contributed by atoms with Crippen molar-refractivity contribution in [3.63, 3.8) is 0 Å². The molecule has 2 rings (SSSR count). The van der Waals surface area contributed by atoms with E-state index < -0.39 is 12.1 Å². The lowest BCUT2D eigenvalue weighted by molar-refractivity contribution is -0.136. The van der Waals surface area contributed by atoms with Crippen LogP contribution < -0.4 is 22.1 Å². The first-order valence-electron chi connectivity index (χ1n) is 6.69. The third kappa shape index (κ3) is 4.20. The van der Waals surface area contributed by atoms with Crippen LogP contribution in [0.2, 0.25) is 0 Å². The maximum Gasteiger partial charge on any atom is 0.243 e. The molecular weight excluding hydrogens is 274 g/mol. The number of carbonyl (C=O) groups is 2. The molecule has 1 aromatic rings. The van der Waals surface area contributed by atoms with Crippen molar-refractivity contribution < 1.29 is 9.59 Å². The number of amides is 2. The smallest absolute Gasteiger partial charge is 0.243 e. The molecule has 21 heavy (non-hydrogen) atoms. The van der Waals surface area contributed by atoms with Crippen molar-refractivity contribution in [2.45, 2.75) is 31.3 Å². The minimum Gasteiger partial charge on any atom is -0.370 e. The van der Waals surface area contributed by atoms with Crippen LogP contribution >= 0.6 is 0 Å². The fourth-order valence-electron chi connectivity index (χ4n) is 2.14. The summed E-state index contributed by atoms with van der Waals surface area (Å²) in [5.74, 6) is -0.369. The lowest BCUT2D eigenvalue weighted by Gasteiger charge is -2.29. The third-order valence-corrected chi connectivity index (χ3v) is 3.19. The average Bonchev–Trinajstić information content (AvgIpc) is 2.92. The van der Waals surface area contributed by atoms with Crippen molar-refractivity contribution in [2.24, 2.45) is 16.5 Å². The highest BCUT2D eigenvalue weighted by Crippen LogP contribution is 2.07. The number of H-pyrrole nitrogens is 1. The second-order valence-corrected chi connectivity index (χ2v) is 4.85. The average molecular weight is 293 g/mol. The quantitative estimate of drug-likeness (QED) is 0.233. The summed E-state index contributed by atoms with van der Waals surface area (Å²) in [4.78, 5) is 34.6. The molecule has 9 nitrogen and oxygen atoms in total. The van der Waals surface area contributed by atoms with Crippen molar-refractivity contribution in [1.82, 2.24) is 20.6 Å². The van der Waals surface area contributed by atoms with Gasteiger partial charge in [-0.25, -0.2) is 4.98 Å². The molecule has 1 fully saturated rings. The van der Waals surface area contributed by atoms with E-state index in [1.807, 2.05) is 0 Å². The van der Waals surface area contributed by atoms with Gasteiger partial charge in [-0.3, -0.25) is 14.6 Å². The number of piperazine rings is 1. The summed E-state index contributed by atoms with van der Waals surface area (Å²) in [6.07, 6.45) is 4.65. The van der Waals surface area contributed by atoms with Gasteiger partial charge in [0.05, 0.1) is 6.33 Å². The van der Waals surface area contributed by atoms with Crippen molar-refractivity contribution in [2.75, 3.05) is 6.54 Å². The number of imidazole rings is 1. The van der Waals surface area contributed by atoms with Gasteiger partial charge in [0.1, 0.15) is 12.1 Å². The second kappa shape index (κ2) is 6.73. The van der Waals surface area contributed by atoms with E-state index in [0.29, 0.717) is 25.8 Å². The molecule has 9 heteroatoms. The Labute approximate surface area is 121 Å². The molecular formula is C12H19N7O2. The van der Waals surface area contributed by atoms with Gasteiger partial charge in [0, 0.05) is 24.9 Å². The number of nitrogens with one attached hydrogen (secondary N) is 3. The SMILES string of the molecule is NC(N)=NCCC[C@@H]1NC(=O)[C@H](Cc2cnc[nH]2)NC1=O. The summed E-state index contributed by atoms with van der Waals surface area (Å²) in [6.45, 7) is 0.430. The van der Waals surface area contributed by atoms with Crippen LogP contribution in [0, 0.1) is 0 Å². The first-order valence-corrected chi connectivity index (χ1v) is 6.69. The molecule has 2 heterocycles. The Morgan fingerprint density at radius 2 is 1.95 bits per heavy atom. The molecule has 0 bridgehead atoms. The van der Waals surface area contributed by atoms with E-state index in [2.05, 4.69) is 25.6 Å². The number of aromatic amines is 1. The van der Waals surface area contributed by atoms with Gasteiger partial charge in [-0.2, -0.15) is 0 Å². The number of hydrogen-bond acceptors (Lipinski definition) is 4. The predicted molar refractivity (Wildman–Crippen MR) is 76.1 cm³/mol. The van der Waals surface area contributed by atoms with E-state index >= 15 is 0 Å². The molecule has 0 unspecified atom stereocenters. The summed E-state index contributed by atoms with van der Waals surface area (Å²) in [5.41, 5.74) is 11.2. The van der Waals surface area contributed by atoms with Crippen molar-refractivity contribution in [3.8, 4) is 0 Å². The molecule has 1 aromatic heterocycles. The van der Waals surface area contributed by atoms with Crippen molar-refractivity contribution in [1.29, 1.82) is 0 Å². The molecule has 1 saturated heterocycles. The van der Waals surface area contributed by atoms with Gasteiger partial charge >= 0.3 is 0 Å². The molecule has 1 aliphatic heterocycles. The maximum absolute atomic E-state index is 12.0. The molecule has 0 saturated carbocycles. The molecule has 0 aliphatic carbocycles. The zero-order chi connectivity index (χ0) is 15.2. The predicted octanol–water partition coefficient (Wildman–Crippen LogP) is -2.01. The molecule has 7 N–H and O–H groups in total. The molecule has 0 radical (unpaired) electrons. The number of carbonyl (C=O) groups excluding carboxylic acids is 2. The van der Waals surface area contributed by atoms with Crippen LogP contribution in [0.1, 0.15) is 18.5 Å². The van der Waals surface area contributed by atoms with E-state index in [9.17, 15) is 9.59 Å². The van der Waals surface area contributed by atoms with Crippen molar-refractivity contribution >= 4 is 17.8 Å². The third-order valence-electron chi connectivity index (χ3n) is 3.19. The summed E-state index contributed by atoms with van der Waals surface area (Å²) < 4.78 is 0. The van der Waals surface area contributed by atoms with Crippen LogP contribution in [-0.2, 0) is 16.0 Å². The van der Waals surface area contributed by atoms with Gasteiger partial charge in [-0.1, -0.05) is 0 Å². The van der Waals surface area contributed by atoms with Crippen molar-refractivity contribution in [3.05, 3.63) is 18.2 Å². The molecule has 114 valence electrons. The van der Waals surface area contributed by atoms with E-state index in [-0.39, 0.29) is 17.8 Å². The van der Waals surface area contributed by atoms with Crippen LogP contribution in [0.5, 0.6) is 0 Å². The maximum atomic E-state index is 12.0. The Balaban J connectivity index is 1.82. The molecule has 0 spiro atoms. The number of aromatic nitrogens is 2. The lowest BCUT2D eigenvalue weighted by atomic mass is 10.0. The van der Waals surface area contributed by atoms with Gasteiger partial charge in [-0.05, 0) is 12.8 Å². The number of guanidine groups is 1. The monoisotopic (exact) mass is 293 g/mol. The Morgan fingerprint density at radius 3 is 2.62 bits per heavy atom. The van der Waals surface area contributed by atoms with E-state index in [1.54, 1.807) is 6.20 Å². The Hall–Kier alpha value is -2.58. The molecule has 0 aromatic carbocycles. The highest BCUT2D eigenvalue weighted by atomic mass is 16.2. The van der Waals surface area contributed by atoms with Crippen LogP contribution in [0.4, 0.5) is 0 Å². The summed E-state index contributed by atoms with van der Waals surface area (Å²) >= 11 is 0. The molecule has 1 aliphatic rings. The number of rotatable bonds is 6. The van der Waals surface area contributed by atoms with E-state index in [0.717, 1.165) is 5.69 Å². The normalized spacial score (nSPS) is 21.5. The summed E-state index contributed by atoms with van der Waals surface area (Å²) in [6, 6.07) is -1.11. The van der Waals surface area contributed by atoms with Gasteiger partial charge in [-0.15, -0.1) is 0 Å². The fraction of sp³-hybridized carbons (Fsp3) is 0.500. The topological polar surface area (TPSA) is 151 Å². The highest BCUT2D eigenvalue weighted by molar-refractivity contribution is 5.97. The largest absolute Gasteiger partial charge is 0.370 e. The number of hydrogen-bond donors (Lipinski definition) is 5. The van der Waals surface area contributed by atoms with Gasteiger partial charge in [0.25, 0.3) is 0 Å². The minimum atomic E-state index is -0.577.